The Bertz CT molecular complexity index is 444. The Kier molecular flexibility index (Phi) is 3.40. The summed E-state index contributed by atoms with van der Waals surface area (Å²) in [7, 11) is 0. The van der Waals surface area contributed by atoms with Crippen molar-refractivity contribution in [3.63, 3.8) is 0 Å². The lowest BCUT2D eigenvalue weighted by Crippen LogP contribution is -2.56. The minimum Gasteiger partial charge on any atom is -0.311 e. The van der Waals surface area contributed by atoms with Crippen molar-refractivity contribution in [2.75, 3.05) is 6.54 Å². The number of nitrogens with one attached hydrogen (secondary N) is 1. The summed E-state index contributed by atoms with van der Waals surface area (Å²) in [6.45, 7) is 7.86. The largest absolute Gasteiger partial charge is 0.311 e. The highest BCUT2D eigenvalue weighted by atomic mass is 15.0. The van der Waals surface area contributed by atoms with Crippen LogP contribution in [0.2, 0.25) is 0 Å². The van der Waals surface area contributed by atoms with Gasteiger partial charge in [0.25, 0.3) is 0 Å². The van der Waals surface area contributed by atoms with Gasteiger partial charge in [0.2, 0.25) is 0 Å². The number of aromatic nitrogens is 1. The fourth-order valence-electron chi connectivity index (χ4n) is 4.40. The van der Waals surface area contributed by atoms with Crippen LogP contribution < -0.4 is 5.32 Å². The molecule has 0 radical (unpaired) electrons. The van der Waals surface area contributed by atoms with Gasteiger partial charge in [-0.1, -0.05) is 18.9 Å². The Morgan fingerprint density at radius 3 is 2.45 bits per heavy atom. The van der Waals surface area contributed by atoms with Gasteiger partial charge in [-0.15, -0.1) is 0 Å². The third kappa shape index (κ3) is 2.63. The van der Waals surface area contributed by atoms with Crippen LogP contribution in [0.4, 0.5) is 0 Å². The molecule has 20 heavy (non-hydrogen) atoms. The zero-order valence-corrected chi connectivity index (χ0v) is 13.2. The maximum Gasteiger partial charge on any atom is 0.0306 e. The van der Waals surface area contributed by atoms with E-state index in [2.05, 4.69) is 49.4 Å². The zero-order chi connectivity index (χ0) is 14.3. The summed E-state index contributed by atoms with van der Waals surface area (Å²) in [6, 6.07) is 4.37. The molecular formula is C18H28N2. The lowest BCUT2D eigenvalue weighted by molar-refractivity contribution is 0.0228. The second-order valence-electron chi connectivity index (χ2n) is 8.19. The van der Waals surface area contributed by atoms with Gasteiger partial charge in [-0.25, -0.2) is 0 Å². The molecule has 110 valence electrons. The van der Waals surface area contributed by atoms with Gasteiger partial charge in [-0.05, 0) is 63.5 Å². The van der Waals surface area contributed by atoms with Crippen LogP contribution in [-0.2, 0) is 5.41 Å². The molecule has 0 aromatic carbocycles. The molecule has 0 atom stereocenters. The summed E-state index contributed by atoms with van der Waals surface area (Å²) in [6.07, 6.45) is 12.5. The average Bonchev–Trinajstić information content (AvgIpc) is 2.84. The second-order valence-corrected chi connectivity index (χ2v) is 8.19. The Balaban J connectivity index is 1.78. The van der Waals surface area contributed by atoms with Gasteiger partial charge in [-0.3, -0.25) is 4.98 Å². The van der Waals surface area contributed by atoms with E-state index in [1.165, 1.54) is 44.1 Å². The van der Waals surface area contributed by atoms with E-state index in [0.29, 0.717) is 10.8 Å². The SMILES string of the molecule is CC(C)(C)NCC1(c2cccnc2)CC2(CCCC2)C1. The van der Waals surface area contributed by atoms with E-state index in [0.717, 1.165) is 6.54 Å². The standard InChI is InChI=1S/C18H28N2/c1-16(2,3)20-14-18(15-7-6-10-19-11-15)12-17(13-18)8-4-5-9-17/h6-7,10-11,20H,4-5,8-9,12-14H2,1-3H3. The number of pyridine rings is 1. The van der Waals surface area contributed by atoms with E-state index in [1.54, 1.807) is 0 Å². The second kappa shape index (κ2) is 4.84. The van der Waals surface area contributed by atoms with Gasteiger partial charge in [0.1, 0.15) is 0 Å². The van der Waals surface area contributed by atoms with Gasteiger partial charge in [-0.2, -0.15) is 0 Å². The lowest BCUT2D eigenvalue weighted by Gasteiger charge is -2.56. The average molecular weight is 272 g/mol. The number of hydrogen-bond acceptors (Lipinski definition) is 2. The van der Waals surface area contributed by atoms with Crippen molar-refractivity contribution in [2.45, 2.75) is 70.3 Å². The van der Waals surface area contributed by atoms with Gasteiger partial charge >= 0.3 is 0 Å². The van der Waals surface area contributed by atoms with E-state index < -0.39 is 0 Å². The van der Waals surface area contributed by atoms with Gasteiger partial charge in [0.05, 0.1) is 0 Å². The predicted molar refractivity (Wildman–Crippen MR) is 83.8 cm³/mol. The Morgan fingerprint density at radius 1 is 1.20 bits per heavy atom. The minimum absolute atomic E-state index is 0.188. The van der Waals surface area contributed by atoms with Crippen LogP contribution in [0.25, 0.3) is 0 Å². The third-order valence-electron chi connectivity index (χ3n) is 5.32. The smallest absolute Gasteiger partial charge is 0.0306 e. The van der Waals surface area contributed by atoms with Crippen LogP contribution in [0.15, 0.2) is 24.5 Å². The van der Waals surface area contributed by atoms with Crippen LogP contribution in [-0.4, -0.2) is 17.1 Å². The first-order valence-corrected chi connectivity index (χ1v) is 8.09. The molecule has 1 N–H and O–H groups in total. The molecule has 2 aliphatic carbocycles. The molecule has 2 saturated carbocycles. The topological polar surface area (TPSA) is 24.9 Å². The summed E-state index contributed by atoms with van der Waals surface area (Å²) >= 11 is 0. The van der Waals surface area contributed by atoms with Gasteiger partial charge in [0, 0.05) is 29.9 Å². The van der Waals surface area contributed by atoms with Crippen molar-refractivity contribution in [3.05, 3.63) is 30.1 Å². The van der Waals surface area contributed by atoms with Crippen molar-refractivity contribution in [1.82, 2.24) is 10.3 Å². The molecule has 2 fully saturated rings. The summed E-state index contributed by atoms with van der Waals surface area (Å²) < 4.78 is 0. The summed E-state index contributed by atoms with van der Waals surface area (Å²) in [4.78, 5) is 4.36. The Morgan fingerprint density at radius 2 is 1.90 bits per heavy atom. The first-order chi connectivity index (χ1) is 9.43. The number of rotatable bonds is 3. The Hall–Kier alpha value is -0.890. The minimum atomic E-state index is 0.188. The maximum atomic E-state index is 4.36. The van der Waals surface area contributed by atoms with Crippen molar-refractivity contribution < 1.29 is 0 Å². The van der Waals surface area contributed by atoms with Crippen molar-refractivity contribution in [1.29, 1.82) is 0 Å². The van der Waals surface area contributed by atoms with E-state index in [4.69, 9.17) is 0 Å². The fourth-order valence-corrected chi connectivity index (χ4v) is 4.40. The molecule has 2 nitrogen and oxygen atoms in total. The Labute approximate surface area is 123 Å². The van der Waals surface area contributed by atoms with Crippen molar-refractivity contribution in [2.24, 2.45) is 5.41 Å². The first-order valence-electron chi connectivity index (χ1n) is 8.09. The summed E-state index contributed by atoms with van der Waals surface area (Å²) in [5, 5.41) is 3.74. The van der Waals surface area contributed by atoms with Crippen LogP contribution in [0.3, 0.4) is 0 Å². The van der Waals surface area contributed by atoms with Gasteiger partial charge < -0.3 is 5.32 Å². The molecule has 0 aliphatic heterocycles. The highest BCUT2D eigenvalue weighted by Gasteiger charge is 2.55. The normalized spacial score (nSPS) is 23.8. The van der Waals surface area contributed by atoms with Crippen molar-refractivity contribution >= 4 is 0 Å². The van der Waals surface area contributed by atoms with Crippen molar-refractivity contribution in [3.8, 4) is 0 Å². The number of hydrogen-bond donors (Lipinski definition) is 1. The zero-order valence-electron chi connectivity index (χ0n) is 13.2. The third-order valence-corrected chi connectivity index (χ3v) is 5.32. The summed E-state index contributed by atoms with van der Waals surface area (Å²) in [5.41, 5.74) is 2.61. The van der Waals surface area contributed by atoms with Crippen LogP contribution in [0.1, 0.15) is 64.9 Å². The lowest BCUT2D eigenvalue weighted by atomic mass is 9.49. The molecule has 1 spiro atoms. The molecule has 0 amide bonds. The molecule has 1 heterocycles. The molecule has 1 aromatic heterocycles. The van der Waals surface area contributed by atoms with E-state index in [9.17, 15) is 0 Å². The quantitative estimate of drug-likeness (QED) is 0.897. The van der Waals surface area contributed by atoms with Crippen LogP contribution in [0.5, 0.6) is 0 Å². The molecule has 0 bridgehead atoms. The molecule has 1 aromatic rings. The molecule has 3 rings (SSSR count). The van der Waals surface area contributed by atoms with Crippen LogP contribution >= 0.6 is 0 Å². The number of nitrogens with zero attached hydrogens (tertiary/aromatic N) is 1. The molecule has 2 aliphatic rings. The molecule has 0 unspecified atom stereocenters. The monoisotopic (exact) mass is 272 g/mol. The predicted octanol–water partition coefficient (Wildman–Crippen LogP) is 4.06. The molecular weight excluding hydrogens is 244 g/mol. The fraction of sp³-hybridized carbons (Fsp3) is 0.722. The summed E-state index contributed by atoms with van der Waals surface area (Å²) in [5.74, 6) is 0. The first kappa shape index (κ1) is 14.1. The van der Waals surface area contributed by atoms with E-state index >= 15 is 0 Å². The maximum absolute atomic E-state index is 4.36. The van der Waals surface area contributed by atoms with E-state index in [1.807, 2.05) is 6.20 Å². The molecule has 0 saturated heterocycles. The molecule has 2 heteroatoms. The highest BCUT2D eigenvalue weighted by molar-refractivity contribution is 5.29. The van der Waals surface area contributed by atoms with Gasteiger partial charge in [0.15, 0.2) is 0 Å². The van der Waals surface area contributed by atoms with E-state index in [-0.39, 0.29) is 5.54 Å². The highest BCUT2D eigenvalue weighted by Crippen LogP contribution is 2.62. The van der Waals surface area contributed by atoms with Crippen LogP contribution in [0, 0.1) is 5.41 Å².